The van der Waals surface area contributed by atoms with E-state index in [4.69, 9.17) is 33.3 Å². The molecule has 0 bridgehead atoms. The van der Waals surface area contributed by atoms with Gasteiger partial charge in [-0.15, -0.1) is 0 Å². The summed E-state index contributed by atoms with van der Waals surface area (Å²) < 4.78 is 28.7. The van der Waals surface area contributed by atoms with Crippen molar-refractivity contribution in [3.63, 3.8) is 0 Å². The minimum absolute atomic E-state index is 0.00924. The molecule has 1 fully saturated rings. The minimum atomic E-state index is -2.21. The van der Waals surface area contributed by atoms with Crippen LogP contribution in [0.1, 0.15) is 77.5 Å². The molecule has 1 saturated heterocycles. The topological polar surface area (TPSA) is 153 Å². The van der Waals surface area contributed by atoms with E-state index < -0.39 is 47.2 Å². The molecule has 1 aliphatic carbocycles. The van der Waals surface area contributed by atoms with Gasteiger partial charge in [0.05, 0.1) is 25.1 Å². The molecule has 0 saturated carbocycles. The number of hydrogen-bond donors (Lipinski definition) is 4. The molecule has 14 heteroatoms. The molecular formula is C45H59N5O7Si2. The molecule has 0 radical (unpaired) electrons. The number of aromatic nitrogens is 4. The molecule has 12 nitrogen and oxygen atoms in total. The van der Waals surface area contributed by atoms with Crippen LogP contribution >= 0.6 is 0 Å². The summed E-state index contributed by atoms with van der Waals surface area (Å²) in [6.45, 7) is 26.8. The van der Waals surface area contributed by atoms with Gasteiger partial charge in [0.1, 0.15) is 37.3 Å². The van der Waals surface area contributed by atoms with Crippen LogP contribution < -0.4 is 10.1 Å². The van der Waals surface area contributed by atoms with Crippen LogP contribution in [0, 0.1) is 0 Å². The number of fused-ring (bicyclic) bond motifs is 3. The quantitative estimate of drug-likeness (QED) is 0.0562. The average molecular weight is 838 g/mol. The molecule has 0 unspecified atom stereocenters. The number of nitrogens with one attached hydrogen (secondary N) is 1. The van der Waals surface area contributed by atoms with E-state index >= 15 is 0 Å². The third-order valence-corrected chi connectivity index (χ3v) is 22.5. The molecule has 59 heavy (non-hydrogen) atoms. The van der Waals surface area contributed by atoms with Gasteiger partial charge in [-0.3, -0.25) is 4.57 Å². The Balaban J connectivity index is 1.20. The van der Waals surface area contributed by atoms with Gasteiger partial charge in [0, 0.05) is 6.42 Å². The predicted octanol–water partition coefficient (Wildman–Crippen LogP) is 8.91. The highest BCUT2D eigenvalue weighted by Crippen LogP contribution is 2.47. The fraction of sp³-hybridized carbons (Fsp3) is 0.489. The maximum Gasteiger partial charge on any atom is 0.247 e. The smallest absolute Gasteiger partial charge is 0.247 e. The zero-order valence-corrected chi connectivity index (χ0v) is 37.9. The lowest BCUT2D eigenvalue weighted by Gasteiger charge is -2.40. The maximum absolute atomic E-state index is 11.8. The van der Waals surface area contributed by atoms with Gasteiger partial charge >= 0.3 is 0 Å². The molecule has 0 spiro atoms. The second kappa shape index (κ2) is 14.9. The van der Waals surface area contributed by atoms with Gasteiger partial charge in [0.2, 0.25) is 11.8 Å². The first-order valence-electron chi connectivity index (χ1n) is 20.7. The molecule has 4 N–H and O–H groups in total. The lowest BCUT2D eigenvalue weighted by Crippen LogP contribution is -2.48. The van der Waals surface area contributed by atoms with Crippen molar-refractivity contribution in [1.29, 1.82) is 0 Å². The Kier molecular flexibility index (Phi) is 10.5. The summed E-state index contributed by atoms with van der Waals surface area (Å²) in [5.74, 6) is 0.370. The number of benzene rings is 4. The number of ether oxygens (including phenoxy) is 2. The molecule has 2 aromatic heterocycles. The number of hydrogen-bond acceptors (Lipinski definition) is 11. The fourth-order valence-electron chi connectivity index (χ4n) is 8.09. The summed E-state index contributed by atoms with van der Waals surface area (Å²) in [6, 6.07) is 15.4. The highest BCUT2D eigenvalue weighted by atomic mass is 28.4. The third kappa shape index (κ3) is 7.24. The van der Waals surface area contributed by atoms with Gasteiger partial charge in [0.25, 0.3) is 0 Å². The number of nitrogens with zero attached hydrogens (tertiary/aromatic N) is 4. The molecule has 8 rings (SSSR count). The maximum atomic E-state index is 11.8. The highest BCUT2D eigenvalue weighted by molar-refractivity contribution is 6.74. The van der Waals surface area contributed by atoms with Gasteiger partial charge in [-0.2, -0.15) is 9.97 Å². The summed E-state index contributed by atoms with van der Waals surface area (Å²) in [6.07, 6.45) is -1.36. The minimum Gasteiger partial charge on any atom is -0.472 e. The summed E-state index contributed by atoms with van der Waals surface area (Å²) >= 11 is 0. The normalized spacial score (nSPS) is 24.4. The molecule has 1 aliphatic heterocycles. The van der Waals surface area contributed by atoms with Crippen molar-refractivity contribution >= 4 is 66.1 Å². The number of anilines is 1. The van der Waals surface area contributed by atoms with Crippen LogP contribution in [-0.4, -0.2) is 89.1 Å². The van der Waals surface area contributed by atoms with Crippen LogP contribution in [0.3, 0.4) is 0 Å². The van der Waals surface area contributed by atoms with Crippen LogP contribution in [0.5, 0.6) is 5.88 Å². The Bertz CT molecular complexity index is 2510. The van der Waals surface area contributed by atoms with Crippen molar-refractivity contribution in [2.24, 2.45) is 0 Å². The van der Waals surface area contributed by atoms with E-state index in [0.29, 0.717) is 35.3 Å². The average Bonchev–Trinajstić information content (AvgIpc) is 3.78. The van der Waals surface area contributed by atoms with E-state index in [2.05, 4.69) is 104 Å². The SMILES string of the molecule is C=CCOc1nc(N[C@@H]2c3c(cc4ccc5cccc6ccc3c4c56)[C@@H](O)[C@H](O)[C@@H]2O)nc2c1ncn2[C@H]1C[C@H](O[Si](C)(C)C(C)(C)C)[C@@H](CO[Si](C)(C)C(C)(C)C)O1. The first-order valence-corrected chi connectivity index (χ1v) is 26.5. The van der Waals surface area contributed by atoms with Crippen molar-refractivity contribution in [2.75, 3.05) is 18.5 Å². The van der Waals surface area contributed by atoms with E-state index in [1.807, 2.05) is 28.8 Å². The lowest BCUT2D eigenvalue weighted by atomic mass is 9.77. The van der Waals surface area contributed by atoms with Crippen LogP contribution in [0.4, 0.5) is 5.95 Å². The van der Waals surface area contributed by atoms with Gasteiger partial charge < -0.3 is 39.0 Å². The van der Waals surface area contributed by atoms with Gasteiger partial charge in [0.15, 0.2) is 27.8 Å². The van der Waals surface area contributed by atoms with Crippen molar-refractivity contribution in [3.05, 3.63) is 78.6 Å². The third-order valence-electron chi connectivity index (χ3n) is 13.5. The van der Waals surface area contributed by atoms with E-state index in [1.54, 1.807) is 12.4 Å². The summed E-state index contributed by atoms with van der Waals surface area (Å²) in [5, 5.41) is 44.0. The molecule has 2 aliphatic rings. The first kappa shape index (κ1) is 41.7. The Morgan fingerprint density at radius 3 is 2.25 bits per heavy atom. The monoisotopic (exact) mass is 837 g/mol. The first-order chi connectivity index (χ1) is 27.7. The summed E-state index contributed by atoms with van der Waals surface area (Å²) in [7, 11) is -4.32. The Morgan fingerprint density at radius 2 is 1.58 bits per heavy atom. The largest absolute Gasteiger partial charge is 0.472 e. The van der Waals surface area contributed by atoms with E-state index in [1.165, 1.54) is 0 Å². The second-order valence-corrected chi connectivity index (χ2v) is 29.0. The van der Waals surface area contributed by atoms with Crippen molar-refractivity contribution in [2.45, 2.75) is 127 Å². The van der Waals surface area contributed by atoms with Gasteiger partial charge in [-0.05, 0) is 85.8 Å². The number of imidazole rings is 1. The number of aliphatic hydroxyl groups excluding tert-OH is 3. The number of rotatable bonds is 11. The van der Waals surface area contributed by atoms with Crippen molar-refractivity contribution in [3.8, 4) is 5.88 Å². The van der Waals surface area contributed by atoms with Crippen LogP contribution in [0.2, 0.25) is 36.3 Å². The highest BCUT2D eigenvalue weighted by Gasteiger charge is 2.47. The molecular weight excluding hydrogens is 779 g/mol. The van der Waals surface area contributed by atoms with E-state index in [0.717, 1.165) is 32.3 Å². The van der Waals surface area contributed by atoms with Crippen molar-refractivity contribution in [1.82, 2.24) is 19.5 Å². The summed E-state index contributed by atoms with van der Waals surface area (Å²) in [4.78, 5) is 14.5. The molecule has 7 atom stereocenters. The van der Waals surface area contributed by atoms with Gasteiger partial charge in [-0.1, -0.05) is 96.7 Å². The Morgan fingerprint density at radius 1 is 0.898 bits per heavy atom. The van der Waals surface area contributed by atoms with Crippen molar-refractivity contribution < 1.29 is 33.6 Å². The molecule has 0 amide bonds. The van der Waals surface area contributed by atoms with Crippen LogP contribution in [-0.2, 0) is 13.6 Å². The van der Waals surface area contributed by atoms with Gasteiger partial charge in [-0.25, -0.2) is 4.98 Å². The molecule has 314 valence electrons. The molecule has 6 aromatic rings. The zero-order valence-electron chi connectivity index (χ0n) is 35.9. The number of aliphatic hydroxyl groups is 3. The molecule has 4 aromatic carbocycles. The zero-order chi connectivity index (χ0) is 42.4. The molecule has 3 heterocycles. The van der Waals surface area contributed by atoms with E-state index in [-0.39, 0.29) is 40.7 Å². The standard InChI is InChI=1S/C45H59N5O7Si2/c1-12-20-54-42-37-41(50(24-46-37)32-22-30(57-59(10,11)45(5,6)7)31(56-32)23-55-58(8,9)44(2,3)4)48-43(49-42)47-36-35-28-19-18-26-15-13-14-25-16-17-27(34(28)33(25)26)21-29(35)38(51)40(53)39(36)52/h12-19,21,24,30-32,36,38-40,51-53H,1,20,22-23H2,2-11H3,(H,47,48,49)/t30-,31+,32+,36+,38+,39+,40-/m0/s1. The van der Waals surface area contributed by atoms with Crippen LogP contribution in [0.25, 0.3) is 43.5 Å². The van der Waals surface area contributed by atoms with E-state index in [9.17, 15) is 15.3 Å². The lowest BCUT2D eigenvalue weighted by molar-refractivity contribution is -0.0767. The fourth-order valence-corrected chi connectivity index (χ4v) is 10.5. The Labute approximate surface area is 348 Å². The van der Waals surface area contributed by atoms with Crippen LogP contribution in [0.15, 0.2) is 67.5 Å². The predicted molar refractivity (Wildman–Crippen MR) is 238 cm³/mol. The second-order valence-electron chi connectivity index (χ2n) is 19.4. The Hall–Kier alpha value is -4.00. The summed E-state index contributed by atoms with van der Waals surface area (Å²) in [5.41, 5.74) is 2.09.